The van der Waals surface area contributed by atoms with Gasteiger partial charge in [0.15, 0.2) is 0 Å². The van der Waals surface area contributed by atoms with Gasteiger partial charge in [0.05, 0.1) is 18.3 Å². The van der Waals surface area contributed by atoms with Gasteiger partial charge in [0.1, 0.15) is 12.2 Å². The Morgan fingerprint density at radius 3 is 2.39 bits per heavy atom. The zero-order valence-electron chi connectivity index (χ0n) is 12.8. The fourth-order valence-corrected chi connectivity index (χ4v) is 1.99. The monoisotopic (exact) mass is 329 g/mol. The lowest BCUT2D eigenvalue weighted by molar-refractivity contribution is -0.0780. The Bertz CT molecular complexity index is 636. The van der Waals surface area contributed by atoms with Crippen molar-refractivity contribution in [2.45, 2.75) is 44.1 Å². The molecule has 9 heteroatoms. The number of aromatic amines is 2. The summed E-state index contributed by atoms with van der Waals surface area (Å²) in [7, 11) is 0. The molecule has 0 aliphatic rings. The molecule has 1 aromatic heterocycles. The summed E-state index contributed by atoms with van der Waals surface area (Å²) in [6, 6.07) is -0.290. The number of hydrogen-bond donors (Lipinski definition) is 7. The Balaban J connectivity index is 2.95. The van der Waals surface area contributed by atoms with Crippen molar-refractivity contribution in [1.29, 1.82) is 0 Å². The number of aliphatic hydroxyl groups is 4. The van der Waals surface area contributed by atoms with Gasteiger partial charge < -0.3 is 31.1 Å². The summed E-state index contributed by atoms with van der Waals surface area (Å²) in [5, 5.41) is 37.4. The van der Waals surface area contributed by atoms with Crippen LogP contribution in [0.4, 0.5) is 0 Å². The van der Waals surface area contributed by atoms with Crippen LogP contribution >= 0.6 is 0 Å². The smallest absolute Gasteiger partial charge is 0.325 e. The van der Waals surface area contributed by atoms with E-state index in [1.807, 2.05) is 0 Å². The maximum Gasteiger partial charge on any atom is 0.325 e. The van der Waals surface area contributed by atoms with Gasteiger partial charge in [0.25, 0.3) is 5.56 Å². The van der Waals surface area contributed by atoms with Gasteiger partial charge in [-0.25, -0.2) is 4.79 Å². The predicted octanol–water partition coefficient (Wildman–Crippen LogP) is -2.57. The van der Waals surface area contributed by atoms with E-state index in [9.17, 15) is 24.9 Å². The fraction of sp³-hybridized carbons (Fsp3) is 0.571. The van der Waals surface area contributed by atoms with Gasteiger partial charge in [0, 0.05) is 11.7 Å². The molecule has 23 heavy (non-hydrogen) atoms. The molecule has 0 aromatic carbocycles. The summed E-state index contributed by atoms with van der Waals surface area (Å²) >= 11 is 0. The van der Waals surface area contributed by atoms with E-state index in [-0.39, 0.29) is 30.1 Å². The van der Waals surface area contributed by atoms with E-state index in [4.69, 9.17) is 10.8 Å². The first-order valence-corrected chi connectivity index (χ1v) is 7.20. The number of rotatable bonds is 8. The molecule has 4 atom stereocenters. The minimum Gasteiger partial charge on any atom is -0.394 e. The fourth-order valence-electron chi connectivity index (χ4n) is 1.99. The Morgan fingerprint density at radius 1 is 1.17 bits per heavy atom. The van der Waals surface area contributed by atoms with Crippen molar-refractivity contribution in [2.75, 3.05) is 6.61 Å². The van der Waals surface area contributed by atoms with Crippen LogP contribution in [-0.2, 0) is 6.42 Å². The van der Waals surface area contributed by atoms with Crippen LogP contribution in [0.2, 0.25) is 0 Å². The van der Waals surface area contributed by atoms with Crippen LogP contribution in [-0.4, -0.2) is 61.4 Å². The summed E-state index contributed by atoms with van der Waals surface area (Å²) in [4.78, 5) is 27.8. The van der Waals surface area contributed by atoms with E-state index < -0.39 is 36.2 Å². The van der Waals surface area contributed by atoms with Crippen LogP contribution in [0.25, 0.3) is 6.08 Å². The van der Waals surface area contributed by atoms with E-state index in [1.165, 1.54) is 6.08 Å². The van der Waals surface area contributed by atoms with E-state index in [0.717, 1.165) is 0 Å². The second-order valence-corrected chi connectivity index (χ2v) is 5.37. The second kappa shape index (κ2) is 8.75. The number of nitrogens with two attached hydrogens (primary N) is 1. The van der Waals surface area contributed by atoms with E-state index in [2.05, 4.69) is 9.97 Å². The second-order valence-electron chi connectivity index (χ2n) is 5.37. The minimum absolute atomic E-state index is 0.0311. The van der Waals surface area contributed by atoms with Crippen molar-refractivity contribution in [3.8, 4) is 0 Å². The first kappa shape index (κ1) is 19.3. The number of H-pyrrole nitrogens is 2. The van der Waals surface area contributed by atoms with Crippen LogP contribution in [0, 0.1) is 0 Å². The molecule has 0 amide bonds. The summed E-state index contributed by atoms with van der Waals surface area (Å²) < 4.78 is 0. The van der Waals surface area contributed by atoms with Gasteiger partial charge in [-0.1, -0.05) is 12.2 Å². The lowest BCUT2D eigenvalue weighted by Gasteiger charge is -2.21. The van der Waals surface area contributed by atoms with Crippen molar-refractivity contribution in [3.05, 3.63) is 38.2 Å². The maximum atomic E-state index is 11.9. The average molecular weight is 329 g/mol. The number of aliphatic hydroxyl groups excluding tert-OH is 4. The molecule has 0 radical (unpaired) electrons. The molecule has 1 rings (SSSR count). The van der Waals surface area contributed by atoms with E-state index in [1.54, 1.807) is 13.0 Å². The lowest BCUT2D eigenvalue weighted by Crippen LogP contribution is -2.39. The molecule has 0 spiro atoms. The third-order valence-corrected chi connectivity index (χ3v) is 3.29. The Kier molecular flexibility index (Phi) is 7.33. The summed E-state index contributed by atoms with van der Waals surface area (Å²) in [6.45, 7) is 1.02. The van der Waals surface area contributed by atoms with Crippen LogP contribution in [0.15, 0.2) is 15.7 Å². The Labute approximate surface area is 132 Å². The van der Waals surface area contributed by atoms with Crippen LogP contribution in [0.3, 0.4) is 0 Å². The lowest BCUT2D eigenvalue weighted by atomic mass is 10.0. The molecule has 1 unspecified atom stereocenters. The Morgan fingerprint density at radius 2 is 1.83 bits per heavy atom. The molecule has 1 aromatic rings. The zero-order chi connectivity index (χ0) is 17.6. The van der Waals surface area contributed by atoms with Crippen LogP contribution in [0.5, 0.6) is 0 Å². The third kappa shape index (κ3) is 5.73. The molecule has 0 saturated heterocycles. The SMILES string of the molecule is CC(N)/C=C/c1c(CC[C@H](O)[C@H](O)[C@H](O)CO)[nH]c(=O)[nH]c1=O. The number of nitrogens with one attached hydrogen (secondary N) is 2. The van der Waals surface area contributed by atoms with Crippen molar-refractivity contribution < 1.29 is 20.4 Å². The molecular weight excluding hydrogens is 306 g/mol. The van der Waals surface area contributed by atoms with Gasteiger partial charge in [-0.2, -0.15) is 0 Å². The van der Waals surface area contributed by atoms with Crippen molar-refractivity contribution in [1.82, 2.24) is 9.97 Å². The molecule has 0 aliphatic heterocycles. The molecular formula is C14H23N3O6. The van der Waals surface area contributed by atoms with E-state index >= 15 is 0 Å². The van der Waals surface area contributed by atoms with Crippen LogP contribution in [0.1, 0.15) is 24.6 Å². The summed E-state index contributed by atoms with van der Waals surface area (Å²) in [5.74, 6) is 0. The maximum absolute atomic E-state index is 11.9. The largest absolute Gasteiger partial charge is 0.394 e. The molecule has 0 fully saturated rings. The van der Waals surface area contributed by atoms with Gasteiger partial charge >= 0.3 is 5.69 Å². The minimum atomic E-state index is -1.53. The van der Waals surface area contributed by atoms with E-state index in [0.29, 0.717) is 0 Å². The highest BCUT2D eigenvalue weighted by Crippen LogP contribution is 2.10. The van der Waals surface area contributed by atoms with Gasteiger partial charge in [-0.05, 0) is 19.8 Å². The molecule has 0 aliphatic carbocycles. The van der Waals surface area contributed by atoms with Gasteiger partial charge in [-0.3, -0.25) is 9.78 Å². The first-order valence-electron chi connectivity index (χ1n) is 7.20. The van der Waals surface area contributed by atoms with Crippen molar-refractivity contribution >= 4 is 6.08 Å². The predicted molar refractivity (Wildman–Crippen MR) is 83.8 cm³/mol. The number of aryl methyl sites for hydroxylation is 1. The average Bonchev–Trinajstić information content (AvgIpc) is 2.49. The highest BCUT2D eigenvalue weighted by atomic mass is 16.4. The standard InChI is InChI=1S/C14H23N3O6/c1-7(15)2-3-8-9(16-14(23)17-13(8)22)4-5-10(19)12(21)11(20)6-18/h2-3,7,10-12,18-21H,4-6,15H2,1H3,(H2,16,17,22,23)/b3-2+/t7?,10-,11+,12-/m0/s1. The van der Waals surface area contributed by atoms with Crippen molar-refractivity contribution in [2.24, 2.45) is 5.73 Å². The third-order valence-electron chi connectivity index (χ3n) is 3.29. The normalized spacial score (nSPS) is 17.1. The topological polar surface area (TPSA) is 173 Å². The number of hydrogen-bond acceptors (Lipinski definition) is 7. The molecule has 1 heterocycles. The summed E-state index contributed by atoms with van der Waals surface area (Å²) in [5.41, 5.74) is 4.79. The molecule has 0 saturated carbocycles. The zero-order valence-corrected chi connectivity index (χ0v) is 12.8. The highest BCUT2D eigenvalue weighted by Gasteiger charge is 2.24. The van der Waals surface area contributed by atoms with Gasteiger partial charge in [0.2, 0.25) is 0 Å². The molecule has 9 nitrogen and oxygen atoms in total. The summed E-state index contributed by atoms with van der Waals surface area (Å²) in [6.07, 6.45) is -1.24. The van der Waals surface area contributed by atoms with Crippen molar-refractivity contribution in [3.63, 3.8) is 0 Å². The molecule has 0 bridgehead atoms. The quantitative estimate of drug-likeness (QED) is 0.274. The Hall–Kier alpha value is -1.78. The van der Waals surface area contributed by atoms with Crippen LogP contribution < -0.4 is 17.0 Å². The highest BCUT2D eigenvalue weighted by molar-refractivity contribution is 5.51. The van der Waals surface area contributed by atoms with Gasteiger partial charge in [-0.15, -0.1) is 0 Å². The molecule has 130 valence electrons. The number of aromatic nitrogens is 2. The molecule has 8 N–H and O–H groups in total. The first-order chi connectivity index (χ1) is 10.8.